The van der Waals surface area contributed by atoms with E-state index in [-0.39, 0.29) is 0 Å². The lowest BCUT2D eigenvalue weighted by Crippen LogP contribution is -2.50. The first-order valence-corrected chi connectivity index (χ1v) is 9.06. The van der Waals surface area contributed by atoms with Crippen LogP contribution in [0.2, 0.25) is 0 Å². The van der Waals surface area contributed by atoms with Gasteiger partial charge in [-0.1, -0.05) is 37.3 Å². The van der Waals surface area contributed by atoms with Gasteiger partial charge in [0.25, 0.3) is 0 Å². The molecular formula is C19H27N5. The van der Waals surface area contributed by atoms with E-state index in [1.165, 1.54) is 30.0 Å². The summed E-state index contributed by atoms with van der Waals surface area (Å²) in [4.78, 5) is 10.2. The molecular weight excluding hydrogens is 298 g/mol. The van der Waals surface area contributed by atoms with E-state index in [9.17, 15) is 0 Å². The summed E-state index contributed by atoms with van der Waals surface area (Å²) < 4.78 is 2.27. The van der Waals surface area contributed by atoms with Crippen LogP contribution in [0.15, 0.2) is 30.3 Å². The summed E-state index contributed by atoms with van der Waals surface area (Å²) >= 11 is 0. The normalized spacial score (nSPS) is 22.5. The SMILES string of the molecule is CCN1CCN(C2CNCc3c2nc(-c2ccccc2)n3C)CC1. The molecule has 24 heavy (non-hydrogen) atoms. The molecule has 0 radical (unpaired) electrons. The van der Waals surface area contributed by atoms with Crippen LogP contribution in [0.1, 0.15) is 24.4 Å². The van der Waals surface area contributed by atoms with Gasteiger partial charge in [0, 0.05) is 51.9 Å². The Balaban J connectivity index is 1.63. The Kier molecular flexibility index (Phi) is 4.39. The van der Waals surface area contributed by atoms with Crippen LogP contribution >= 0.6 is 0 Å². The highest BCUT2D eigenvalue weighted by Crippen LogP contribution is 2.31. The van der Waals surface area contributed by atoms with Crippen LogP contribution in [0, 0.1) is 0 Å². The lowest BCUT2D eigenvalue weighted by atomic mass is 10.1. The minimum absolute atomic E-state index is 0.399. The second kappa shape index (κ2) is 6.67. The zero-order valence-electron chi connectivity index (χ0n) is 14.7. The van der Waals surface area contributed by atoms with Crippen molar-refractivity contribution in [2.45, 2.75) is 19.5 Å². The van der Waals surface area contributed by atoms with Crippen LogP contribution in [0.4, 0.5) is 0 Å². The molecule has 1 N–H and O–H groups in total. The van der Waals surface area contributed by atoms with Crippen LogP contribution in [0.25, 0.3) is 11.4 Å². The second-order valence-corrected chi connectivity index (χ2v) is 6.81. The van der Waals surface area contributed by atoms with Gasteiger partial charge in [-0.2, -0.15) is 0 Å². The van der Waals surface area contributed by atoms with Gasteiger partial charge < -0.3 is 14.8 Å². The van der Waals surface area contributed by atoms with Gasteiger partial charge in [-0.3, -0.25) is 4.90 Å². The van der Waals surface area contributed by atoms with Crippen molar-refractivity contribution in [2.24, 2.45) is 7.05 Å². The number of nitrogens with one attached hydrogen (secondary N) is 1. The predicted molar refractivity (Wildman–Crippen MR) is 96.8 cm³/mol. The highest BCUT2D eigenvalue weighted by atomic mass is 15.3. The number of aromatic nitrogens is 2. The van der Waals surface area contributed by atoms with Gasteiger partial charge in [0.1, 0.15) is 5.82 Å². The van der Waals surface area contributed by atoms with Crippen molar-refractivity contribution in [2.75, 3.05) is 39.3 Å². The van der Waals surface area contributed by atoms with Gasteiger partial charge in [0.05, 0.1) is 17.4 Å². The molecule has 1 aromatic carbocycles. The number of likely N-dealkylation sites (N-methyl/N-ethyl adjacent to an activating group) is 1. The van der Waals surface area contributed by atoms with Crippen molar-refractivity contribution in [1.82, 2.24) is 24.7 Å². The predicted octanol–water partition coefficient (Wildman–Crippen LogP) is 1.87. The molecule has 128 valence electrons. The van der Waals surface area contributed by atoms with Crippen molar-refractivity contribution in [1.29, 1.82) is 0 Å². The Morgan fingerprint density at radius 3 is 2.58 bits per heavy atom. The van der Waals surface area contributed by atoms with E-state index in [2.05, 4.69) is 64.0 Å². The van der Waals surface area contributed by atoms with Crippen LogP contribution in [-0.2, 0) is 13.6 Å². The highest BCUT2D eigenvalue weighted by molar-refractivity contribution is 5.57. The van der Waals surface area contributed by atoms with E-state index in [0.717, 1.165) is 38.5 Å². The summed E-state index contributed by atoms with van der Waals surface area (Å²) in [7, 11) is 2.15. The van der Waals surface area contributed by atoms with Crippen LogP contribution in [0.3, 0.4) is 0 Å². The highest BCUT2D eigenvalue weighted by Gasteiger charge is 2.32. The average molecular weight is 325 g/mol. The minimum Gasteiger partial charge on any atom is -0.330 e. The molecule has 1 saturated heterocycles. The summed E-state index contributed by atoms with van der Waals surface area (Å²) in [6.07, 6.45) is 0. The largest absolute Gasteiger partial charge is 0.330 e. The summed E-state index contributed by atoms with van der Waals surface area (Å²) in [5, 5.41) is 3.60. The first-order chi connectivity index (χ1) is 11.8. The number of imidazole rings is 1. The number of nitrogens with zero attached hydrogens (tertiary/aromatic N) is 4. The Labute approximate surface area is 144 Å². The standard InChI is InChI=1S/C19H27N5/c1-3-23-9-11-24(12-10-23)17-14-20-13-16-18(17)21-19(22(16)2)15-7-5-4-6-8-15/h4-8,17,20H,3,9-14H2,1-2H3. The number of rotatable bonds is 3. The molecule has 1 atom stereocenters. The van der Waals surface area contributed by atoms with Gasteiger partial charge in [-0.05, 0) is 6.54 Å². The van der Waals surface area contributed by atoms with Crippen LogP contribution in [-0.4, -0.2) is 58.6 Å². The van der Waals surface area contributed by atoms with E-state index in [0.29, 0.717) is 6.04 Å². The maximum absolute atomic E-state index is 5.08. The van der Waals surface area contributed by atoms with E-state index in [4.69, 9.17) is 4.98 Å². The molecule has 2 aliphatic heterocycles. The van der Waals surface area contributed by atoms with Crippen molar-refractivity contribution < 1.29 is 0 Å². The van der Waals surface area contributed by atoms with Gasteiger partial charge in [0.15, 0.2) is 0 Å². The number of hydrogen-bond acceptors (Lipinski definition) is 4. The van der Waals surface area contributed by atoms with Gasteiger partial charge >= 0.3 is 0 Å². The molecule has 1 fully saturated rings. The molecule has 0 spiro atoms. The molecule has 1 aromatic heterocycles. The maximum atomic E-state index is 5.08. The summed E-state index contributed by atoms with van der Waals surface area (Å²) in [6, 6.07) is 10.9. The molecule has 0 saturated carbocycles. The number of benzene rings is 1. The van der Waals surface area contributed by atoms with E-state index >= 15 is 0 Å². The molecule has 0 amide bonds. The molecule has 3 heterocycles. The summed E-state index contributed by atoms with van der Waals surface area (Å²) in [5.74, 6) is 1.08. The fourth-order valence-electron chi connectivity index (χ4n) is 3.99. The molecule has 2 aromatic rings. The summed E-state index contributed by atoms with van der Waals surface area (Å²) in [6.45, 7) is 9.93. The van der Waals surface area contributed by atoms with E-state index in [1.54, 1.807) is 0 Å². The number of hydrogen-bond donors (Lipinski definition) is 1. The summed E-state index contributed by atoms with van der Waals surface area (Å²) in [5.41, 5.74) is 3.81. The van der Waals surface area contributed by atoms with Gasteiger partial charge in [0.2, 0.25) is 0 Å². The lowest BCUT2D eigenvalue weighted by Gasteiger charge is -2.40. The topological polar surface area (TPSA) is 36.3 Å². The minimum atomic E-state index is 0.399. The number of piperazine rings is 1. The van der Waals surface area contributed by atoms with E-state index in [1.807, 2.05) is 0 Å². The smallest absolute Gasteiger partial charge is 0.140 e. The van der Waals surface area contributed by atoms with E-state index < -0.39 is 0 Å². The fraction of sp³-hybridized carbons (Fsp3) is 0.526. The fourth-order valence-corrected chi connectivity index (χ4v) is 3.99. The van der Waals surface area contributed by atoms with Crippen molar-refractivity contribution in [3.8, 4) is 11.4 Å². The molecule has 0 aliphatic carbocycles. The van der Waals surface area contributed by atoms with Crippen molar-refractivity contribution in [3.63, 3.8) is 0 Å². The molecule has 5 nitrogen and oxygen atoms in total. The zero-order chi connectivity index (χ0) is 16.5. The molecule has 5 heteroatoms. The monoisotopic (exact) mass is 325 g/mol. The third-order valence-electron chi connectivity index (χ3n) is 5.52. The quantitative estimate of drug-likeness (QED) is 0.935. The third-order valence-corrected chi connectivity index (χ3v) is 5.52. The molecule has 2 aliphatic rings. The lowest BCUT2D eigenvalue weighted by molar-refractivity contribution is 0.0930. The number of fused-ring (bicyclic) bond motifs is 1. The molecule has 4 rings (SSSR count). The first-order valence-electron chi connectivity index (χ1n) is 9.06. The van der Waals surface area contributed by atoms with Gasteiger partial charge in [-0.25, -0.2) is 4.98 Å². The first kappa shape index (κ1) is 15.8. The molecule has 1 unspecified atom stereocenters. The van der Waals surface area contributed by atoms with Crippen molar-refractivity contribution in [3.05, 3.63) is 41.7 Å². The van der Waals surface area contributed by atoms with Crippen molar-refractivity contribution >= 4 is 0 Å². The third kappa shape index (κ3) is 2.77. The Hall–Kier alpha value is -1.69. The maximum Gasteiger partial charge on any atom is 0.140 e. The molecule has 0 bridgehead atoms. The Morgan fingerprint density at radius 2 is 1.88 bits per heavy atom. The zero-order valence-corrected chi connectivity index (χ0v) is 14.7. The van der Waals surface area contributed by atoms with Crippen LogP contribution in [0.5, 0.6) is 0 Å². The Bertz CT molecular complexity index is 685. The Morgan fingerprint density at radius 1 is 1.12 bits per heavy atom. The van der Waals surface area contributed by atoms with Gasteiger partial charge in [-0.15, -0.1) is 0 Å². The second-order valence-electron chi connectivity index (χ2n) is 6.81. The average Bonchev–Trinajstić information content (AvgIpc) is 2.99. The van der Waals surface area contributed by atoms with Crippen LogP contribution < -0.4 is 5.32 Å².